The van der Waals surface area contributed by atoms with Gasteiger partial charge in [-0.3, -0.25) is 4.68 Å². The van der Waals surface area contributed by atoms with Gasteiger partial charge in [-0.25, -0.2) is 0 Å². The maximum absolute atomic E-state index is 9.88. The Bertz CT molecular complexity index is 379. The van der Waals surface area contributed by atoms with Gasteiger partial charge in [0.2, 0.25) is 0 Å². The second-order valence-corrected chi connectivity index (χ2v) is 4.78. The van der Waals surface area contributed by atoms with E-state index in [9.17, 15) is 5.11 Å². The van der Waals surface area contributed by atoms with E-state index in [1.54, 1.807) is 4.68 Å². The molecule has 0 radical (unpaired) electrons. The predicted molar refractivity (Wildman–Crippen MR) is 60.3 cm³/mol. The number of rotatable bonds is 2. The molecule has 0 aliphatic heterocycles. The largest absolute Gasteiger partial charge is 0.387 e. The van der Waals surface area contributed by atoms with Crippen LogP contribution < -0.4 is 0 Å². The molecule has 15 heavy (non-hydrogen) atoms. The number of aliphatic hydroxyl groups is 1. The fourth-order valence-corrected chi connectivity index (χ4v) is 1.56. The molecule has 0 spiro atoms. The van der Waals surface area contributed by atoms with Crippen LogP contribution in [-0.2, 0) is 12.5 Å². The van der Waals surface area contributed by atoms with Gasteiger partial charge < -0.3 is 5.11 Å². The van der Waals surface area contributed by atoms with Gasteiger partial charge in [-0.2, -0.15) is 5.10 Å². The Morgan fingerprint density at radius 2 is 2.20 bits per heavy atom. The van der Waals surface area contributed by atoms with Gasteiger partial charge in [-0.1, -0.05) is 20.8 Å². The SMILES string of the molecule is C#CCC(O)c1cn(C)nc1C(C)(C)C. The second kappa shape index (κ2) is 4.08. The molecule has 0 saturated heterocycles. The van der Waals surface area contributed by atoms with Crippen LogP contribution in [0.15, 0.2) is 6.20 Å². The molecule has 1 atom stereocenters. The van der Waals surface area contributed by atoms with E-state index in [4.69, 9.17) is 6.42 Å². The highest BCUT2D eigenvalue weighted by molar-refractivity contribution is 5.27. The van der Waals surface area contributed by atoms with E-state index in [0.29, 0.717) is 6.42 Å². The topological polar surface area (TPSA) is 38.0 Å². The van der Waals surface area contributed by atoms with Gasteiger partial charge in [0.05, 0.1) is 11.8 Å². The fraction of sp³-hybridized carbons (Fsp3) is 0.583. The zero-order valence-corrected chi connectivity index (χ0v) is 9.78. The number of hydrogen-bond donors (Lipinski definition) is 1. The van der Waals surface area contributed by atoms with Gasteiger partial charge in [0.15, 0.2) is 0 Å². The van der Waals surface area contributed by atoms with Crippen molar-refractivity contribution in [3.63, 3.8) is 0 Å². The molecule has 1 aromatic rings. The summed E-state index contributed by atoms with van der Waals surface area (Å²) in [6.07, 6.45) is 6.75. The summed E-state index contributed by atoms with van der Waals surface area (Å²) >= 11 is 0. The monoisotopic (exact) mass is 206 g/mol. The number of aromatic nitrogens is 2. The highest BCUT2D eigenvalue weighted by Gasteiger charge is 2.25. The summed E-state index contributed by atoms with van der Waals surface area (Å²) in [6.45, 7) is 6.21. The molecule has 1 rings (SSSR count). The number of nitrogens with zero attached hydrogens (tertiary/aromatic N) is 2. The Balaban J connectivity index is 3.13. The molecule has 0 aromatic carbocycles. The molecular weight excluding hydrogens is 188 g/mol. The van der Waals surface area contributed by atoms with Crippen LogP contribution in [0.1, 0.15) is 44.6 Å². The molecular formula is C12H18N2O. The van der Waals surface area contributed by atoms with E-state index in [1.807, 2.05) is 13.2 Å². The third-order valence-electron chi connectivity index (χ3n) is 2.24. The van der Waals surface area contributed by atoms with Gasteiger partial charge in [-0.05, 0) is 0 Å². The molecule has 0 amide bonds. The predicted octanol–water partition coefficient (Wildman–Crippen LogP) is 1.77. The maximum atomic E-state index is 9.88. The van der Waals surface area contributed by atoms with Crippen LogP contribution >= 0.6 is 0 Å². The van der Waals surface area contributed by atoms with Crippen molar-refractivity contribution in [2.24, 2.45) is 7.05 Å². The lowest BCUT2D eigenvalue weighted by molar-refractivity contribution is 0.181. The Kier molecular flexibility index (Phi) is 3.21. The molecule has 82 valence electrons. The molecule has 0 saturated carbocycles. The molecule has 1 aromatic heterocycles. The van der Waals surface area contributed by atoms with E-state index in [0.717, 1.165) is 11.3 Å². The number of aliphatic hydroxyl groups excluding tert-OH is 1. The lowest BCUT2D eigenvalue weighted by Crippen LogP contribution is -2.16. The summed E-state index contributed by atoms with van der Waals surface area (Å²) in [7, 11) is 1.85. The maximum Gasteiger partial charge on any atom is 0.0932 e. The quantitative estimate of drug-likeness (QED) is 0.749. The first-order valence-corrected chi connectivity index (χ1v) is 5.02. The number of aryl methyl sites for hydroxylation is 1. The summed E-state index contributed by atoms with van der Waals surface area (Å²) in [6, 6.07) is 0. The Morgan fingerprint density at radius 3 is 2.67 bits per heavy atom. The second-order valence-electron chi connectivity index (χ2n) is 4.78. The van der Waals surface area contributed by atoms with Crippen molar-refractivity contribution in [2.75, 3.05) is 0 Å². The third kappa shape index (κ3) is 2.60. The minimum Gasteiger partial charge on any atom is -0.387 e. The first-order valence-electron chi connectivity index (χ1n) is 5.02. The lowest BCUT2D eigenvalue weighted by Gasteiger charge is -2.19. The summed E-state index contributed by atoms with van der Waals surface area (Å²) in [5.41, 5.74) is 1.67. The van der Waals surface area contributed by atoms with Crippen LogP contribution in [0.4, 0.5) is 0 Å². The molecule has 3 nitrogen and oxygen atoms in total. The Morgan fingerprint density at radius 1 is 1.60 bits per heavy atom. The average molecular weight is 206 g/mol. The van der Waals surface area contributed by atoms with Crippen LogP contribution in [0.3, 0.4) is 0 Å². The van der Waals surface area contributed by atoms with Crippen LogP contribution in [0.5, 0.6) is 0 Å². The Hall–Kier alpha value is -1.27. The van der Waals surface area contributed by atoms with Gasteiger partial charge in [-0.15, -0.1) is 12.3 Å². The minimum absolute atomic E-state index is 0.0772. The molecule has 1 heterocycles. The zero-order chi connectivity index (χ0) is 11.6. The first-order chi connectivity index (χ1) is 6.86. The summed E-state index contributed by atoms with van der Waals surface area (Å²) in [5, 5.41) is 14.3. The van der Waals surface area contributed by atoms with Gasteiger partial charge in [0.1, 0.15) is 0 Å². The van der Waals surface area contributed by atoms with E-state index in [1.165, 1.54) is 0 Å². The molecule has 0 fully saturated rings. The molecule has 3 heteroatoms. The van der Waals surface area contributed by atoms with Crippen molar-refractivity contribution in [3.8, 4) is 12.3 Å². The highest BCUT2D eigenvalue weighted by Crippen LogP contribution is 2.29. The van der Waals surface area contributed by atoms with E-state index < -0.39 is 6.10 Å². The van der Waals surface area contributed by atoms with Gasteiger partial charge in [0.25, 0.3) is 0 Å². The minimum atomic E-state index is -0.613. The molecule has 1 N–H and O–H groups in total. The molecule has 0 bridgehead atoms. The van der Waals surface area contributed by atoms with Crippen molar-refractivity contribution in [1.29, 1.82) is 0 Å². The van der Waals surface area contributed by atoms with Gasteiger partial charge >= 0.3 is 0 Å². The van der Waals surface area contributed by atoms with Crippen LogP contribution in [0.25, 0.3) is 0 Å². The van der Waals surface area contributed by atoms with E-state index in [2.05, 4.69) is 31.8 Å². The Labute approximate surface area is 91.1 Å². The fourth-order valence-electron chi connectivity index (χ4n) is 1.56. The highest BCUT2D eigenvalue weighted by atomic mass is 16.3. The van der Waals surface area contributed by atoms with Gasteiger partial charge in [0, 0.05) is 30.6 Å². The summed E-state index contributed by atoms with van der Waals surface area (Å²) < 4.78 is 1.72. The normalized spacial score (nSPS) is 13.6. The average Bonchev–Trinajstić information content (AvgIpc) is 2.47. The van der Waals surface area contributed by atoms with Crippen molar-refractivity contribution in [3.05, 3.63) is 17.5 Å². The summed E-state index contributed by atoms with van der Waals surface area (Å²) in [5.74, 6) is 2.47. The molecule has 0 aliphatic rings. The van der Waals surface area contributed by atoms with Crippen molar-refractivity contribution >= 4 is 0 Å². The van der Waals surface area contributed by atoms with Crippen molar-refractivity contribution < 1.29 is 5.11 Å². The van der Waals surface area contributed by atoms with Crippen molar-refractivity contribution in [2.45, 2.75) is 38.7 Å². The lowest BCUT2D eigenvalue weighted by atomic mass is 9.88. The zero-order valence-electron chi connectivity index (χ0n) is 9.78. The molecule has 1 unspecified atom stereocenters. The van der Waals surface area contributed by atoms with E-state index >= 15 is 0 Å². The van der Waals surface area contributed by atoms with E-state index in [-0.39, 0.29) is 5.41 Å². The number of terminal acetylenes is 1. The molecule has 0 aliphatic carbocycles. The third-order valence-corrected chi connectivity index (χ3v) is 2.24. The smallest absolute Gasteiger partial charge is 0.0932 e. The standard InChI is InChI=1S/C12H18N2O/c1-6-7-10(15)9-8-14(5)13-11(9)12(2,3)4/h1,8,10,15H,7H2,2-5H3. The van der Waals surface area contributed by atoms with Crippen molar-refractivity contribution in [1.82, 2.24) is 9.78 Å². The van der Waals surface area contributed by atoms with Crippen LogP contribution in [-0.4, -0.2) is 14.9 Å². The van der Waals surface area contributed by atoms with Crippen LogP contribution in [0, 0.1) is 12.3 Å². The first kappa shape index (κ1) is 11.8. The summed E-state index contributed by atoms with van der Waals surface area (Å²) in [4.78, 5) is 0. The van der Waals surface area contributed by atoms with Crippen LogP contribution in [0.2, 0.25) is 0 Å². The number of hydrogen-bond acceptors (Lipinski definition) is 2.